The summed E-state index contributed by atoms with van der Waals surface area (Å²) in [6.07, 6.45) is 12.0. The summed E-state index contributed by atoms with van der Waals surface area (Å²) in [6.45, 7) is 0. The van der Waals surface area contributed by atoms with Crippen molar-refractivity contribution in [2.45, 2.75) is 27.7 Å². The van der Waals surface area contributed by atoms with E-state index in [0.29, 0.717) is 10.9 Å². The van der Waals surface area contributed by atoms with Crippen LogP contribution < -0.4 is 12.4 Å². The molecule has 0 aromatic carbocycles. The van der Waals surface area contributed by atoms with Crippen LogP contribution in [0.5, 0.6) is 0 Å². The first kappa shape index (κ1) is 23.7. The fourth-order valence-electron chi connectivity index (χ4n) is 0.799. The Hall–Kier alpha value is 0.990. The number of halogens is 1. The molecule has 0 N–H and O–H groups in total. The van der Waals surface area contributed by atoms with Gasteiger partial charge in [0.2, 0.25) is 0 Å². The standard InChI is InChI=1S/C5H11S.C3H9S.2CH4.ClH/c1-6-4-2-3-5-6;1-4(2)3;;;/h2-5H2,1H3;1-3H3;2*1H4;1H/q2*+1;;;/p-1. The Balaban J connectivity index is -0.0000000536. The summed E-state index contributed by atoms with van der Waals surface area (Å²) >= 11 is 0. The number of rotatable bonds is 0. The molecule has 13 heavy (non-hydrogen) atoms. The molecule has 0 aliphatic carbocycles. The van der Waals surface area contributed by atoms with Crippen molar-refractivity contribution >= 4 is 21.8 Å². The van der Waals surface area contributed by atoms with E-state index in [0.717, 1.165) is 10.9 Å². The molecule has 0 aromatic rings. The lowest BCUT2D eigenvalue weighted by atomic mass is 10.4. The second-order valence-electron chi connectivity index (χ2n) is 3.12. The maximum atomic E-state index is 2.37. The van der Waals surface area contributed by atoms with Gasteiger partial charge < -0.3 is 12.4 Å². The average Bonchev–Trinajstić information content (AvgIpc) is 2.15. The zero-order valence-electron chi connectivity index (χ0n) is 8.02. The molecular weight excluding hydrogens is 220 g/mol. The summed E-state index contributed by atoms with van der Waals surface area (Å²) in [6, 6.07) is 0. The third-order valence-electron chi connectivity index (χ3n) is 1.24. The summed E-state index contributed by atoms with van der Waals surface area (Å²) in [7, 11) is 1.47. The monoisotopic (exact) mass is 247 g/mol. The van der Waals surface area contributed by atoms with Crippen molar-refractivity contribution in [2.24, 2.45) is 0 Å². The molecule has 1 rings (SSSR count). The van der Waals surface area contributed by atoms with Crippen LogP contribution in [0.3, 0.4) is 0 Å². The first-order valence-electron chi connectivity index (χ1n) is 3.71. The van der Waals surface area contributed by atoms with Crippen molar-refractivity contribution in [2.75, 3.05) is 36.5 Å². The third-order valence-corrected chi connectivity index (χ3v) is 3.21. The van der Waals surface area contributed by atoms with Crippen molar-refractivity contribution in [3.8, 4) is 0 Å². The van der Waals surface area contributed by atoms with Crippen molar-refractivity contribution in [1.82, 2.24) is 0 Å². The summed E-state index contributed by atoms with van der Waals surface area (Å²) < 4.78 is 0. The van der Waals surface area contributed by atoms with Gasteiger partial charge in [0.25, 0.3) is 0 Å². The van der Waals surface area contributed by atoms with Gasteiger partial charge >= 0.3 is 0 Å². The molecule has 1 heterocycles. The van der Waals surface area contributed by atoms with Crippen LogP contribution in [0.4, 0.5) is 0 Å². The molecule has 3 heteroatoms. The molecule has 0 amide bonds. The molecule has 0 bridgehead atoms. The molecule has 1 aliphatic heterocycles. The zero-order valence-corrected chi connectivity index (χ0v) is 10.4. The van der Waals surface area contributed by atoms with Gasteiger partial charge in [-0.3, -0.25) is 0 Å². The Morgan fingerprint density at radius 2 is 1.15 bits per heavy atom. The van der Waals surface area contributed by atoms with Gasteiger partial charge in [0.05, 0.1) is 25.0 Å². The van der Waals surface area contributed by atoms with E-state index >= 15 is 0 Å². The molecule has 1 saturated heterocycles. The van der Waals surface area contributed by atoms with Crippen LogP contribution in [-0.4, -0.2) is 36.5 Å². The first-order chi connectivity index (χ1) is 4.63. The fourth-order valence-corrected chi connectivity index (χ4v) is 2.40. The third kappa shape index (κ3) is 24.6. The van der Waals surface area contributed by atoms with E-state index in [2.05, 4.69) is 25.0 Å². The summed E-state index contributed by atoms with van der Waals surface area (Å²) in [5.74, 6) is 3.03. The number of hydrogen-bond donors (Lipinski definition) is 0. The van der Waals surface area contributed by atoms with Crippen LogP contribution in [0, 0.1) is 0 Å². The topological polar surface area (TPSA) is 0 Å². The summed E-state index contributed by atoms with van der Waals surface area (Å²) in [5, 5.41) is 0. The van der Waals surface area contributed by atoms with Gasteiger partial charge in [0, 0.05) is 0 Å². The smallest absolute Gasteiger partial charge is 0.108 e. The predicted octanol–water partition coefficient (Wildman–Crippen LogP) is -0.201. The highest BCUT2D eigenvalue weighted by molar-refractivity contribution is 7.96. The van der Waals surface area contributed by atoms with Crippen molar-refractivity contribution in [1.29, 1.82) is 0 Å². The minimum Gasteiger partial charge on any atom is -1.00 e. The lowest BCUT2D eigenvalue weighted by Crippen LogP contribution is -3.00. The highest BCUT2D eigenvalue weighted by Gasteiger charge is 2.16. The zero-order chi connectivity index (χ0) is 7.98. The van der Waals surface area contributed by atoms with Gasteiger partial charge in [-0.25, -0.2) is 0 Å². The van der Waals surface area contributed by atoms with Gasteiger partial charge in [-0.2, -0.15) is 0 Å². The summed E-state index contributed by atoms with van der Waals surface area (Å²) in [4.78, 5) is 0. The molecule has 0 atom stereocenters. The second kappa shape index (κ2) is 15.5. The average molecular weight is 248 g/mol. The van der Waals surface area contributed by atoms with E-state index in [4.69, 9.17) is 0 Å². The lowest BCUT2D eigenvalue weighted by Gasteiger charge is -1.81. The van der Waals surface area contributed by atoms with Gasteiger partial charge in [-0.1, -0.05) is 14.9 Å². The molecule has 0 nitrogen and oxygen atoms in total. The highest BCUT2D eigenvalue weighted by atomic mass is 35.5. The normalized spacial score (nSPS) is 14.5. The van der Waals surface area contributed by atoms with Crippen LogP contribution in [0.25, 0.3) is 0 Å². The van der Waals surface area contributed by atoms with Crippen LogP contribution in [-0.2, 0) is 21.8 Å². The molecule has 0 saturated carbocycles. The van der Waals surface area contributed by atoms with E-state index in [9.17, 15) is 0 Å². The van der Waals surface area contributed by atoms with Crippen LogP contribution in [0.15, 0.2) is 0 Å². The molecular formula is C10H28ClS2+. The SMILES string of the molecule is C.C.C[S+](C)C.C[S+]1CCCC1.[Cl-]. The summed E-state index contributed by atoms with van der Waals surface area (Å²) in [5.41, 5.74) is 0. The van der Waals surface area contributed by atoms with Crippen molar-refractivity contribution < 1.29 is 12.4 Å². The van der Waals surface area contributed by atoms with Gasteiger partial charge in [-0.05, 0) is 34.6 Å². The van der Waals surface area contributed by atoms with Gasteiger partial charge in [-0.15, -0.1) is 0 Å². The molecule has 0 unspecified atom stereocenters. The maximum absolute atomic E-state index is 2.37. The van der Waals surface area contributed by atoms with Gasteiger partial charge in [0.1, 0.15) is 11.5 Å². The van der Waals surface area contributed by atoms with Gasteiger partial charge in [0.15, 0.2) is 0 Å². The van der Waals surface area contributed by atoms with E-state index < -0.39 is 0 Å². The van der Waals surface area contributed by atoms with Crippen LogP contribution in [0.2, 0.25) is 0 Å². The number of hydrogen-bond acceptors (Lipinski definition) is 0. The molecule has 86 valence electrons. The van der Waals surface area contributed by atoms with E-state index in [1.807, 2.05) is 0 Å². The molecule has 0 spiro atoms. The first-order valence-corrected chi connectivity index (χ1v) is 8.13. The molecule has 1 fully saturated rings. The second-order valence-corrected chi connectivity index (χ2v) is 7.95. The Morgan fingerprint density at radius 3 is 1.23 bits per heavy atom. The van der Waals surface area contributed by atoms with Crippen LogP contribution in [0.1, 0.15) is 27.7 Å². The Labute approximate surface area is 98.4 Å². The van der Waals surface area contributed by atoms with E-state index in [1.165, 1.54) is 24.3 Å². The Morgan fingerprint density at radius 1 is 0.923 bits per heavy atom. The maximum Gasteiger partial charge on any atom is 0.108 e. The van der Waals surface area contributed by atoms with E-state index in [-0.39, 0.29) is 27.3 Å². The van der Waals surface area contributed by atoms with Crippen molar-refractivity contribution in [3.63, 3.8) is 0 Å². The molecule has 0 radical (unpaired) electrons. The Bertz CT molecular complexity index is 68.6. The van der Waals surface area contributed by atoms with Crippen molar-refractivity contribution in [3.05, 3.63) is 0 Å². The quantitative estimate of drug-likeness (QED) is 0.521. The molecule has 0 aromatic heterocycles. The predicted molar refractivity (Wildman–Crippen MR) is 70.9 cm³/mol. The minimum atomic E-state index is 0. The lowest BCUT2D eigenvalue weighted by molar-refractivity contribution is -0.00000323. The minimum absolute atomic E-state index is 0. The fraction of sp³-hybridized carbons (Fsp3) is 1.00. The largest absolute Gasteiger partial charge is 1.00 e. The van der Waals surface area contributed by atoms with Crippen LogP contribution >= 0.6 is 0 Å². The van der Waals surface area contributed by atoms with E-state index in [1.54, 1.807) is 0 Å². The highest BCUT2D eigenvalue weighted by Crippen LogP contribution is 2.08. The molecule has 1 aliphatic rings. The Kier molecular flexibility index (Phi) is 28.1.